The molecule has 0 amide bonds. The molecular formula is C13H12O4. The van der Waals surface area contributed by atoms with E-state index in [0.29, 0.717) is 13.2 Å². The van der Waals surface area contributed by atoms with E-state index >= 15 is 0 Å². The number of ether oxygens (including phenoxy) is 2. The number of carboxylic acid groups (broad SMARTS) is 1. The van der Waals surface area contributed by atoms with Crippen molar-refractivity contribution in [3.8, 4) is 11.5 Å². The summed E-state index contributed by atoms with van der Waals surface area (Å²) in [6, 6.07) is 5.59. The van der Waals surface area contributed by atoms with Gasteiger partial charge in [0.05, 0.1) is 0 Å². The van der Waals surface area contributed by atoms with Crippen LogP contribution in [0.1, 0.15) is 5.56 Å². The lowest BCUT2D eigenvalue weighted by Gasteiger charge is -2.18. The first-order valence-corrected chi connectivity index (χ1v) is 5.23. The molecule has 1 heterocycles. The zero-order valence-electron chi connectivity index (χ0n) is 9.13. The van der Waals surface area contributed by atoms with E-state index in [1.54, 1.807) is 12.2 Å². The van der Waals surface area contributed by atoms with E-state index in [2.05, 4.69) is 0 Å². The van der Waals surface area contributed by atoms with E-state index in [9.17, 15) is 4.79 Å². The molecule has 0 aliphatic carbocycles. The third-order valence-electron chi connectivity index (χ3n) is 2.20. The number of hydrogen-bond donors (Lipinski definition) is 1. The Kier molecular flexibility index (Phi) is 3.45. The highest BCUT2D eigenvalue weighted by molar-refractivity contribution is 5.80. The third kappa shape index (κ3) is 3.11. The van der Waals surface area contributed by atoms with Gasteiger partial charge < -0.3 is 14.6 Å². The topological polar surface area (TPSA) is 55.8 Å². The van der Waals surface area contributed by atoms with Gasteiger partial charge in [-0.05, 0) is 17.7 Å². The van der Waals surface area contributed by atoms with E-state index in [1.165, 1.54) is 6.08 Å². The van der Waals surface area contributed by atoms with Gasteiger partial charge in [-0.2, -0.15) is 0 Å². The maximum absolute atomic E-state index is 10.2. The summed E-state index contributed by atoms with van der Waals surface area (Å²) in [7, 11) is 0. The monoisotopic (exact) mass is 232 g/mol. The van der Waals surface area contributed by atoms with Gasteiger partial charge in [-0.15, -0.1) is 0 Å². The maximum atomic E-state index is 10.2. The van der Waals surface area contributed by atoms with Gasteiger partial charge in [0, 0.05) is 6.08 Å². The summed E-state index contributed by atoms with van der Waals surface area (Å²) in [5, 5.41) is 8.41. The first-order chi connectivity index (χ1) is 8.25. The molecule has 0 radical (unpaired) electrons. The number of allylic oxidation sites excluding steroid dienone is 2. The third-order valence-corrected chi connectivity index (χ3v) is 2.20. The molecule has 4 heteroatoms. The summed E-state index contributed by atoms with van der Waals surface area (Å²) < 4.78 is 10.8. The van der Waals surface area contributed by atoms with Gasteiger partial charge in [0.15, 0.2) is 11.5 Å². The molecule has 4 nitrogen and oxygen atoms in total. The number of aliphatic carboxylic acids is 1. The van der Waals surface area contributed by atoms with Crippen molar-refractivity contribution in [3.63, 3.8) is 0 Å². The summed E-state index contributed by atoms with van der Waals surface area (Å²) in [5.74, 6) is 0.506. The van der Waals surface area contributed by atoms with Gasteiger partial charge in [-0.3, -0.25) is 0 Å². The zero-order chi connectivity index (χ0) is 12.1. The van der Waals surface area contributed by atoms with Crippen LogP contribution in [0.25, 0.3) is 6.08 Å². The molecule has 1 aliphatic rings. The zero-order valence-corrected chi connectivity index (χ0v) is 9.13. The van der Waals surface area contributed by atoms with Crippen LogP contribution in [0.2, 0.25) is 0 Å². The molecule has 2 rings (SSSR count). The van der Waals surface area contributed by atoms with Crippen molar-refractivity contribution < 1.29 is 19.4 Å². The second-order valence-electron chi connectivity index (χ2n) is 3.46. The first kappa shape index (κ1) is 11.3. The molecule has 1 aromatic rings. The van der Waals surface area contributed by atoms with E-state index in [-0.39, 0.29) is 0 Å². The average molecular weight is 232 g/mol. The number of carbonyl (C=O) groups is 1. The summed E-state index contributed by atoms with van der Waals surface area (Å²) in [6.07, 6.45) is 6.02. The number of benzene rings is 1. The summed E-state index contributed by atoms with van der Waals surface area (Å²) in [4.78, 5) is 10.2. The molecule has 0 aromatic heterocycles. The Hall–Kier alpha value is -2.23. The summed E-state index contributed by atoms with van der Waals surface area (Å²) >= 11 is 0. The van der Waals surface area contributed by atoms with Crippen LogP contribution < -0.4 is 9.47 Å². The van der Waals surface area contributed by atoms with Gasteiger partial charge in [0.2, 0.25) is 0 Å². The SMILES string of the molecule is O=C(O)C=CC=Cc1ccc2c(c1)OCCO2. The molecule has 88 valence electrons. The minimum absolute atomic E-state index is 0.555. The fraction of sp³-hybridized carbons (Fsp3) is 0.154. The van der Waals surface area contributed by atoms with Crippen LogP contribution in [-0.2, 0) is 4.79 Å². The Balaban J connectivity index is 2.09. The van der Waals surface area contributed by atoms with Crippen molar-refractivity contribution in [2.45, 2.75) is 0 Å². The number of rotatable bonds is 3. The Labute approximate surface area is 98.8 Å². The van der Waals surface area contributed by atoms with E-state index in [1.807, 2.05) is 18.2 Å². The highest BCUT2D eigenvalue weighted by Gasteiger charge is 2.10. The van der Waals surface area contributed by atoms with Crippen LogP contribution in [0, 0.1) is 0 Å². The average Bonchev–Trinajstić information content (AvgIpc) is 2.34. The van der Waals surface area contributed by atoms with Crippen molar-refractivity contribution in [1.82, 2.24) is 0 Å². The lowest BCUT2D eigenvalue weighted by Crippen LogP contribution is -2.15. The maximum Gasteiger partial charge on any atom is 0.328 e. The van der Waals surface area contributed by atoms with Gasteiger partial charge in [-0.25, -0.2) is 4.79 Å². The van der Waals surface area contributed by atoms with Crippen molar-refractivity contribution in [3.05, 3.63) is 42.0 Å². The molecular weight excluding hydrogens is 220 g/mol. The molecule has 0 unspecified atom stereocenters. The summed E-state index contributed by atoms with van der Waals surface area (Å²) in [5.41, 5.74) is 0.935. The van der Waals surface area contributed by atoms with E-state index in [0.717, 1.165) is 23.1 Å². The molecule has 17 heavy (non-hydrogen) atoms. The van der Waals surface area contributed by atoms with Crippen molar-refractivity contribution >= 4 is 12.0 Å². The molecule has 1 aromatic carbocycles. The fourth-order valence-electron chi connectivity index (χ4n) is 1.47. The molecule has 1 aliphatic heterocycles. The van der Waals surface area contributed by atoms with Gasteiger partial charge in [0.1, 0.15) is 13.2 Å². The minimum Gasteiger partial charge on any atom is -0.486 e. The predicted molar refractivity (Wildman–Crippen MR) is 63.2 cm³/mol. The van der Waals surface area contributed by atoms with Crippen LogP contribution in [-0.4, -0.2) is 24.3 Å². The van der Waals surface area contributed by atoms with Gasteiger partial charge in [-0.1, -0.05) is 24.3 Å². The van der Waals surface area contributed by atoms with Crippen molar-refractivity contribution in [2.24, 2.45) is 0 Å². The Morgan fingerprint density at radius 1 is 1.18 bits per heavy atom. The molecule has 0 bridgehead atoms. The van der Waals surface area contributed by atoms with Crippen LogP contribution in [0.15, 0.2) is 36.4 Å². The molecule has 0 spiro atoms. The number of carboxylic acids is 1. The largest absolute Gasteiger partial charge is 0.486 e. The molecule has 0 atom stereocenters. The normalized spacial score (nSPS) is 14.4. The second-order valence-corrected chi connectivity index (χ2v) is 3.46. The lowest BCUT2D eigenvalue weighted by molar-refractivity contribution is -0.131. The summed E-state index contributed by atoms with van der Waals surface area (Å²) in [6.45, 7) is 1.13. The fourth-order valence-corrected chi connectivity index (χ4v) is 1.47. The Bertz CT molecular complexity index is 474. The van der Waals surface area contributed by atoms with Crippen molar-refractivity contribution in [2.75, 3.05) is 13.2 Å². The predicted octanol–water partition coefficient (Wildman–Crippen LogP) is 2.11. The van der Waals surface area contributed by atoms with Gasteiger partial charge >= 0.3 is 5.97 Å². The van der Waals surface area contributed by atoms with Crippen LogP contribution in [0.4, 0.5) is 0 Å². The second kappa shape index (κ2) is 5.21. The van der Waals surface area contributed by atoms with Crippen molar-refractivity contribution in [1.29, 1.82) is 0 Å². The standard InChI is InChI=1S/C13H12O4/c14-13(15)4-2-1-3-10-5-6-11-12(9-10)17-8-7-16-11/h1-6,9H,7-8H2,(H,14,15). The Morgan fingerprint density at radius 3 is 2.71 bits per heavy atom. The first-order valence-electron chi connectivity index (χ1n) is 5.23. The van der Waals surface area contributed by atoms with E-state index in [4.69, 9.17) is 14.6 Å². The van der Waals surface area contributed by atoms with Crippen LogP contribution in [0.5, 0.6) is 11.5 Å². The number of fused-ring (bicyclic) bond motifs is 1. The molecule has 1 N–H and O–H groups in total. The highest BCUT2D eigenvalue weighted by atomic mass is 16.6. The van der Waals surface area contributed by atoms with Crippen LogP contribution >= 0.6 is 0 Å². The van der Waals surface area contributed by atoms with Crippen LogP contribution in [0.3, 0.4) is 0 Å². The molecule has 0 saturated carbocycles. The molecule has 0 saturated heterocycles. The van der Waals surface area contributed by atoms with Gasteiger partial charge in [0.25, 0.3) is 0 Å². The smallest absolute Gasteiger partial charge is 0.328 e. The lowest BCUT2D eigenvalue weighted by atomic mass is 10.2. The van der Waals surface area contributed by atoms with E-state index < -0.39 is 5.97 Å². The highest BCUT2D eigenvalue weighted by Crippen LogP contribution is 2.30. The minimum atomic E-state index is -0.961. The molecule has 0 fully saturated rings. The number of hydrogen-bond acceptors (Lipinski definition) is 3. The quantitative estimate of drug-likeness (QED) is 0.640. The Morgan fingerprint density at radius 2 is 1.94 bits per heavy atom.